The van der Waals surface area contributed by atoms with Crippen molar-refractivity contribution in [1.82, 2.24) is 0 Å². The number of rotatable bonds is 5. The Morgan fingerprint density at radius 1 is 1.15 bits per heavy atom. The molecule has 0 atom stereocenters. The number of benzene rings is 1. The first-order chi connectivity index (χ1) is 9.34. The molecule has 116 valence electrons. The highest BCUT2D eigenvalue weighted by molar-refractivity contribution is 6.32. The van der Waals surface area contributed by atoms with E-state index in [9.17, 15) is 13.2 Å². The maximum absolute atomic E-state index is 11.8. The van der Waals surface area contributed by atoms with Crippen molar-refractivity contribution in [2.45, 2.75) is 39.5 Å². The number of alkyl halides is 3. The topological polar surface area (TPSA) is 18.5 Å². The molecular weight excluding hydrogens is 293 g/mol. The molecule has 0 bridgehead atoms. The number of hydrogen-bond donors (Lipinski definition) is 0. The zero-order valence-electron chi connectivity index (χ0n) is 11.9. The van der Waals surface area contributed by atoms with Gasteiger partial charge in [-0.3, -0.25) is 0 Å². The fourth-order valence-corrected chi connectivity index (χ4v) is 1.27. The van der Waals surface area contributed by atoms with Crippen molar-refractivity contribution in [3.05, 3.63) is 28.8 Å². The summed E-state index contributed by atoms with van der Waals surface area (Å²) < 4.78 is 44.8. The van der Waals surface area contributed by atoms with Crippen LogP contribution in [-0.4, -0.2) is 19.9 Å². The third-order valence-corrected chi connectivity index (χ3v) is 2.56. The Bertz CT molecular complexity index is 379. The molecule has 0 heterocycles. The molecule has 0 spiro atoms. The van der Waals surface area contributed by atoms with Gasteiger partial charge in [-0.05, 0) is 17.7 Å². The van der Waals surface area contributed by atoms with Crippen LogP contribution in [0.1, 0.15) is 32.3 Å². The molecule has 0 aliphatic heterocycles. The van der Waals surface area contributed by atoms with E-state index in [0.29, 0.717) is 16.3 Å². The third-order valence-electron chi connectivity index (χ3n) is 2.25. The third kappa shape index (κ3) is 9.04. The summed E-state index contributed by atoms with van der Waals surface area (Å²) in [5, 5.41) is 0.405. The van der Waals surface area contributed by atoms with Crippen molar-refractivity contribution in [2.24, 2.45) is 0 Å². The normalized spacial score (nSPS) is 10.8. The van der Waals surface area contributed by atoms with Crippen LogP contribution in [0.5, 0.6) is 5.75 Å². The van der Waals surface area contributed by atoms with Crippen LogP contribution in [0.4, 0.5) is 13.2 Å². The first kappa shape index (κ1) is 19.1. The van der Waals surface area contributed by atoms with Crippen molar-refractivity contribution in [3.8, 4) is 5.75 Å². The van der Waals surface area contributed by atoms with E-state index >= 15 is 0 Å². The summed E-state index contributed by atoms with van der Waals surface area (Å²) in [6.45, 7) is 2.96. The summed E-state index contributed by atoms with van der Waals surface area (Å²) in [5.41, 5.74) is 0.575. The SMILES string of the molecule is CCCC.COc1cc(COCC(F)(F)F)ccc1Cl. The van der Waals surface area contributed by atoms with E-state index in [1.807, 2.05) is 0 Å². The molecule has 0 fully saturated rings. The van der Waals surface area contributed by atoms with E-state index in [1.54, 1.807) is 18.2 Å². The van der Waals surface area contributed by atoms with Crippen molar-refractivity contribution in [2.75, 3.05) is 13.7 Å². The van der Waals surface area contributed by atoms with Gasteiger partial charge in [-0.2, -0.15) is 13.2 Å². The lowest BCUT2D eigenvalue weighted by molar-refractivity contribution is -0.176. The van der Waals surface area contributed by atoms with Gasteiger partial charge in [0.2, 0.25) is 0 Å². The van der Waals surface area contributed by atoms with Crippen LogP contribution in [0.3, 0.4) is 0 Å². The van der Waals surface area contributed by atoms with Gasteiger partial charge in [0.15, 0.2) is 0 Å². The van der Waals surface area contributed by atoms with Crippen LogP contribution in [-0.2, 0) is 11.3 Å². The molecule has 0 radical (unpaired) electrons. The fraction of sp³-hybridized carbons (Fsp3) is 0.571. The maximum Gasteiger partial charge on any atom is 0.411 e. The average Bonchev–Trinajstić information content (AvgIpc) is 2.39. The number of ether oxygens (including phenoxy) is 2. The molecule has 2 nitrogen and oxygen atoms in total. The lowest BCUT2D eigenvalue weighted by Crippen LogP contribution is -2.16. The molecule has 0 amide bonds. The van der Waals surface area contributed by atoms with Gasteiger partial charge in [-0.15, -0.1) is 0 Å². The highest BCUT2D eigenvalue weighted by atomic mass is 35.5. The smallest absolute Gasteiger partial charge is 0.411 e. The van der Waals surface area contributed by atoms with Crippen molar-refractivity contribution in [1.29, 1.82) is 0 Å². The van der Waals surface area contributed by atoms with Gasteiger partial charge in [0, 0.05) is 0 Å². The Kier molecular flexibility index (Phi) is 9.42. The number of hydrogen-bond acceptors (Lipinski definition) is 2. The average molecular weight is 313 g/mol. The molecule has 6 heteroatoms. The molecule has 1 aromatic carbocycles. The lowest BCUT2D eigenvalue weighted by Gasteiger charge is -2.09. The monoisotopic (exact) mass is 312 g/mol. The second-order valence-electron chi connectivity index (χ2n) is 4.08. The maximum atomic E-state index is 11.8. The van der Waals surface area contributed by atoms with Crippen LogP contribution < -0.4 is 4.74 Å². The first-order valence-corrected chi connectivity index (χ1v) is 6.68. The molecule has 20 heavy (non-hydrogen) atoms. The summed E-state index contributed by atoms with van der Waals surface area (Å²) in [5.74, 6) is 0.412. The molecule has 0 saturated carbocycles. The first-order valence-electron chi connectivity index (χ1n) is 6.31. The van der Waals surface area contributed by atoms with E-state index in [-0.39, 0.29) is 6.61 Å². The molecule has 0 N–H and O–H groups in total. The molecule has 0 saturated heterocycles. The molecule has 1 aromatic rings. The van der Waals surface area contributed by atoms with Crippen molar-refractivity contribution >= 4 is 11.6 Å². The second-order valence-corrected chi connectivity index (χ2v) is 4.48. The Morgan fingerprint density at radius 2 is 1.75 bits per heavy atom. The molecule has 1 rings (SSSR count). The van der Waals surface area contributed by atoms with Gasteiger partial charge in [0.1, 0.15) is 12.4 Å². The predicted octanol–water partition coefficient (Wildman–Crippen LogP) is 5.23. The summed E-state index contributed by atoms with van der Waals surface area (Å²) >= 11 is 5.76. The Labute approximate surface area is 122 Å². The number of methoxy groups -OCH3 is 1. The minimum Gasteiger partial charge on any atom is -0.495 e. The quantitative estimate of drug-likeness (QED) is 0.740. The van der Waals surface area contributed by atoms with Crippen LogP contribution in [0.15, 0.2) is 18.2 Å². The van der Waals surface area contributed by atoms with Gasteiger partial charge in [-0.1, -0.05) is 44.4 Å². The molecule has 0 aliphatic carbocycles. The van der Waals surface area contributed by atoms with Crippen molar-refractivity contribution < 1.29 is 22.6 Å². The van der Waals surface area contributed by atoms with E-state index in [4.69, 9.17) is 16.3 Å². The Hall–Kier alpha value is -0.940. The van der Waals surface area contributed by atoms with E-state index in [0.717, 1.165) is 0 Å². The van der Waals surface area contributed by atoms with E-state index in [1.165, 1.54) is 20.0 Å². The number of unbranched alkanes of at least 4 members (excludes halogenated alkanes) is 1. The fourth-order valence-electron chi connectivity index (χ4n) is 1.08. The minimum atomic E-state index is -4.31. The molecule has 0 aromatic heterocycles. The van der Waals surface area contributed by atoms with Crippen LogP contribution >= 0.6 is 11.6 Å². The highest BCUT2D eigenvalue weighted by Crippen LogP contribution is 2.25. The Balaban J connectivity index is 0.000000796. The minimum absolute atomic E-state index is 0.132. The van der Waals surface area contributed by atoms with Gasteiger partial charge < -0.3 is 9.47 Å². The zero-order chi connectivity index (χ0) is 15.6. The molecule has 0 aliphatic rings. The zero-order valence-corrected chi connectivity index (χ0v) is 12.6. The summed E-state index contributed by atoms with van der Waals surface area (Å²) in [6, 6.07) is 4.67. The van der Waals surface area contributed by atoms with Crippen LogP contribution in [0.2, 0.25) is 5.02 Å². The van der Waals surface area contributed by atoms with Gasteiger partial charge in [0.25, 0.3) is 0 Å². The second kappa shape index (κ2) is 9.88. The van der Waals surface area contributed by atoms with Crippen LogP contribution in [0, 0.1) is 0 Å². The van der Waals surface area contributed by atoms with Crippen molar-refractivity contribution in [3.63, 3.8) is 0 Å². The summed E-state index contributed by atoms with van der Waals surface area (Å²) in [7, 11) is 1.43. The Morgan fingerprint density at radius 3 is 2.20 bits per heavy atom. The standard InChI is InChI=1S/C10H10ClF3O2.C4H10/c1-15-9-4-7(2-3-8(9)11)5-16-6-10(12,13)14;1-3-4-2/h2-4H,5-6H2,1H3;3-4H2,1-2H3. The van der Waals surface area contributed by atoms with E-state index < -0.39 is 12.8 Å². The van der Waals surface area contributed by atoms with Gasteiger partial charge in [0.05, 0.1) is 18.7 Å². The van der Waals surface area contributed by atoms with Gasteiger partial charge >= 0.3 is 6.18 Å². The summed E-state index contributed by atoms with van der Waals surface area (Å²) in [4.78, 5) is 0. The summed E-state index contributed by atoms with van der Waals surface area (Å²) in [6.07, 6.45) is -1.67. The predicted molar refractivity (Wildman–Crippen MR) is 74.3 cm³/mol. The number of halogens is 4. The van der Waals surface area contributed by atoms with Gasteiger partial charge in [-0.25, -0.2) is 0 Å². The van der Waals surface area contributed by atoms with E-state index in [2.05, 4.69) is 18.6 Å². The largest absolute Gasteiger partial charge is 0.495 e. The molecule has 0 unspecified atom stereocenters. The lowest BCUT2D eigenvalue weighted by atomic mass is 10.2. The molecular formula is C14H20ClF3O2. The van der Waals surface area contributed by atoms with Crippen LogP contribution in [0.25, 0.3) is 0 Å². The highest BCUT2D eigenvalue weighted by Gasteiger charge is 2.27.